The van der Waals surface area contributed by atoms with Gasteiger partial charge in [-0.2, -0.15) is 0 Å². The van der Waals surface area contributed by atoms with Gasteiger partial charge in [0.1, 0.15) is 5.82 Å². The molecular formula is C20H25FN2O3S. The molecule has 7 heteroatoms. The number of anilines is 1. The third-order valence-electron chi connectivity index (χ3n) is 4.32. The second kappa shape index (κ2) is 8.99. The van der Waals surface area contributed by atoms with E-state index in [4.69, 9.17) is 0 Å². The summed E-state index contributed by atoms with van der Waals surface area (Å²) in [5.41, 5.74) is 0.897. The zero-order valence-corrected chi connectivity index (χ0v) is 16.6. The number of para-hydroxylation sites is 1. The lowest BCUT2D eigenvalue weighted by Crippen LogP contribution is -2.32. The normalized spacial score (nSPS) is 11.3. The average Bonchev–Trinajstić information content (AvgIpc) is 2.64. The molecule has 2 rings (SSSR count). The van der Waals surface area contributed by atoms with Gasteiger partial charge in [0.05, 0.1) is 10.6 Å². The van der Waals surface area contributed by atoms with Gasteiger partial charge in [0.2, 0.25) is 0 Å². The fourth-order valence-corrected chi connectivity index (χ4v) is 3.76. The van der Waals surface area contributed by atoms with Gasteiger partial charge in [0.25, 0.3) is 15.9 Å². The molecule has 1 N–H and O–H groups in total. The number of sulfonamides is 1. The van der Waals surface area contributed by atoms with E-state index >= 15 is 0 Å². The molecule has 5 nitrogen and oxygen atoms in total. The van der Waals surface area contributed by atoms with Crippen molar-refractivity contribution >= 4 is 21.6 Å². The van der Waals surface area contributed by atoms with Crippen LogP contribution in [0.2, 0.25) is 0 Å². The van der Waals surface area contributed by atoms with E-state index in [1.165, 1.54) is 36.4 Å². The molecule has 0 fully saturated rings. The summed E-state index contributed by atoms with van der Waals surface area (Å²) in [5.74, 6) is -0.868. The van der Waals surface area contributed by atoms with Gasteiger partial charge in [-0.25, -0.2) is 12.8 Å². The zero-order valence-electron chi connectivity index (χ0n) is 15.8. The number of rotatable bonds is 8. The monoisotopic (exact) mass is 392 g/mol. The van der Waals surface area contributed by atoms with E-state index in [9.17, 15) is 17.6 Å². The van der Waals surface area contributed by atoms with Crippen LogP contribution in [0.1, 0.15) is 42.6 Å². The number of carbonyl (C=O) groups is 1. The van der Waals surface area contributed by atoms with Crippen LogP contribution in [0.4, 0.5) is 10.1 Å². The average molecular weight is 392 g/mol. The summed E-state index contributed by atoms with van der Waals surface area (Å²) < 4.78 is 41.3. The van der Waals surface area contributed by atoms with Crippen molar-refractivity contribution in [1.29, 1.82) is 0 Å². The van der Waals surface area contributed by atoms with Gasteiger partial charge in [-0.05, 0) is 50.1 Å². The number of aryl methyl sites for hydroxylation is 1. The molecule has 27 heavy (non-hydrogen) atoms. The number of hydrogen-bond donors (Lipinski definition) is 1. The van der Waals surface area contributed by atoms with Crippen molar-refractivity contribution in [3.8, 4) is 0 Å². The minimum absolute atomic E-state index is 0.0775. The molecule has 2 aromatic rings. The van der Waals surface area contributed by atoms with Crippen LogP contribution in [0.25, 0.3) is 0 Å². The van der Waals surface area contributed by atoms with Crippen LogP contribution in [0.3, 0.4) is 0 Å². The second-order valence-electron chi connectivity index (χ2n) is 6.30. The van der Waals surface area contributed by atoms with E-state index in [0.717, 1.165) is 12.8 Å². The smallest absolute Gasteiger partial charge is 0.262 e. The van der Waals surface area contributed by atoms with E-state index in [2.05, 4.69) is 4.72 Å². The molecule has 0 aliphatic rings. The van der Waals surface area contributed by atoms with Crippen molar-refractivity contribution in [3.05, 3.63) is 59.4 Å². The number of carbonyl (C=O) groups excluding carboxylic acids is 1. The van der Waals surface area contributed by atoms with E-state index in [1.807, 2.05) is 13.8 Å². The molecule has 0 aliphatic heterocycles. The molecule has 0 spiro atoms. The lowest BCUT2D eigenvalue weighted by molar-refractivity contribution is 0.0761. The summed E-state index contributed by atoms with van der Waals surface area (Å²) in [7, 11) is -4.02. The molecule has 146 valence electrons. The fraction of sp³-hybridized carbons (Fsp3) is 0.350. The first-order valence-corrected chi connectivity index (χ1v) is 10.5. The van der Waals surface area contributed by atoms with Gasteiger partial charge in [0.15, 0.2) is 0 Å². The number of nitrogens with zero attached hydrogens (tertiary/aromatic N) is 1. The summed E-state index contributed by atoms with van der Waals surface area (Å²) in [4.78, 5) is 14.5. The number of nitrogens with one attached hydrogen (secondary N) is 1. The van der Waals surface area contributed by atoms with Crippen molar-refractivity contribution in [2.75, 3.05) is 17.8 Å². The van der Waals surface area contributed by atoms with E-state index < -0.39 is 15.8 Å². The molecule has 0 bridgehead atoms. The lowest BCUT2D eigenvalue weighted by atomic mass is 10.1. The van der Waals surface area contributed by atoms with Gasteiger partial charge >= 0.3 is 0 Å². The first-order valence-electron chi connectivity index (χ1n) is 8.97. The quantitative estimate of drug-likeness (QED) is 0.732. The maximum atomic E-state index is 13.8. The number of benzene rings is 2. The Morgan fingerprint density at radius 2 is 1.85 bits per heavy atom. The molecule has 0 atom stereocenters. The Hall–Kier alpha value is -2.41. The van der Waals surface area contributed by atoms with Crippen molar-refractivity contribution in [1.82, 2.24) is 4.90 Å². The molecule has 2 aromatic carbocycles. The second-order valence-corrected chi connectivity index (χ2v) is 7.98. The molecule has 0 saturated carbocycles. The van der Waals surface area contributed by atoms with Gasteiger partial charge in [-0.3, -0.25) is 9.52 Å². The van der Waals surface area contributed by atoms with Crippen LogP contribution in [0.5, 0.6) is 0 Å². The Labute approximate surface area is 160 Å². The van der Waals surface area contributed by atoms with Crippen LogP contribution in [-0.4, -0.2) is 32.3 Å². The molecule has 0 heterocycles. The van der Waals surface area contributed by atoms with Crippen LogP contribution in [0.15, 0.2) is 47.4 Å². The maximum Gasteiger partial charge on any atom is 0.262 e. The minimum Gasteiger partial charge on any atom is -0.339 e. The number of hydrogen-bond acceptors (Lipinski definition) is 3. The van der Waals surface area contributed by atoms with Crippen molar-refractivity contribution in [3.63, 3.8) is 0 Å². The summed E-state index contributed by atoms with van der Waals surface area (Å²) >= 11 is 0. The molecule has 0 saturated heterocycles. The topological polar surface area (TPSA) is 66.5 Å². The van der Waals surface area contributed by atoms with Gasteiger partial charge in [0, 0.05) is 18.7 Å². The minimum atomic E-state index is -4.02. The molecule has 0 aliphatic carbocycles. The third kappa shape index (κ3) is 5.07. The van der Waals surface area contributed by atoms with Crippen molar-refractivity contribution < 1.29 is 17.6 Å². The Bertz CT molecular complexity index is 913. The maximum absolute atomic E-state index is 13.8. The standard InChI is InChI=1S/C20H25FN2O3S/c1-4-6-13-23(5-2)20(24)17-14-16(12-11-15(17)3)27(25,26)22-19-10-8-7-9-18(19)21/h7-12,14,22H,4-6,13H2,1-3H3. The van der Waals surface area contributed by atoms with Crippen LogP contribution in [-0.2, 0) is 10.0 Å². The van der Waals surface area contributed by atoms with Gasteiger partial charge < -0.3 is 4.90 Å². The molecule has 0 aromatic heterocycles. The third-order valence-corrected chi connectivity index (χ3v) is 5.68. The summed E-state index contributed by atoms with van der Waals surface area (Å²) in [6.45, 7) is 6.87. The van der Waals surface area contributed by atoms with Crippen molar-refractivity contribution in [2.45, 2.75) is 38.5 Å². The fourth-order valence-electron chi connectivity index (χ4n) is 2.67. The van der Waals surface area contributed by atoms with Crippen LogP contribution >= 0.6 is 0 Å². The highest BCUT2D eigenvalue weighted by Gasteiger charge is 2.21. The number of halogens is 1. The summed E-state index contributed by atoms with van der Waals surface area (Å²) in [6, 6.07) is 9.90. The van der Waals surface area contributed by atoms with E-state index in [-0.39, 0.29) is 16.5 Å². The molecule has 1 amide bonds. The van der Waals surface area contributed by atoms with Gasteiger partial charge in [-0.1, -0.05) is 31.5 Å². The van der Waals surface area contributed by atoms with Crippen LogP contribution < -0.4 is 4.72 Å². The number of unbranched alkanes of at least 4 members (excludes halogenated alkanes) is 1. The highest BCUT2D eigenvalue weighted by atomic mass is 32.2. The van der Waals surface area contributed by atoms with Crippen LogP contribution in [0, 0.1) is 12.7 Å². The van der Waals surface area contributed by atoms with E-state index in [0.29, 0.717) is 24.2 Å². The van der Waals surface area contributed by atoms with E-state index in [1.54, 1.807) is 17.9 Å². The predicted molar refractivity (Wildman–Crippen MR) is 105 cm³/mol. The number of amides is 1. The molecule has 0 radical (unpaired) electrons. The summed E-state index contributed by atoms with van der Waals surface area (Å²) in [5, 5.41) is 0. The molecular weight excluding hydrogens is 367 g/mol. The Balaban J connectivity index is 2.35. The summed E-state index contributed by atoms with van der Waals surface area (Å²) in [6.07, 6.45) is 1.84. The van der Waals surface area contributed by atoms with Crippen molar-refractivity contribution in [2.24, 2.45) is 0 Å². The largest absolute Gasteiger partial charge is 0.339 e. The van der Waals surface area contributed by atoms with Gasteiger partial charge in [-0.15, -0.1) is 0 Å². The first kappa shape index (κ1) is 20.9. The highest BCUT2D eigenvalue weighted by Crippen LogP contribution is 2.22. The predicted octanol–water partition coefficient (Wildman–Crippen LogP) is 4.20. The lowest BCUT2D eigenvalue weighted by Gasteiger charge is -2.22. The molecule has 0 unspecified atom stereocenters. The first-order chi connectivity index (χ1) is 12.8. The Kier molecular flexibility index (Phi) is 6.96. The highest BCUT2D eigenvalue weighted by molar-refractivity contribution is 7.92. The Morgan fingerprint density at radius 1 is 1.15 bits per heavy atom. The SMILES string of the molecule is CCCCN(CC)C(=O)c1cc(S(=O)(=O)Nc2ccccc2F)ccc1C. The zero-order chi connectivity index (χ0) is 20.0. The Morgan fingerprint density at radius 3 is 2.48 bits per heavy atom.